The van der Waals surface area contributed by atoms with Crippen molar-refractivity contribution in [2.45, 2.75) is 46.0 Å². The van der Waals surface area contributed by atoms with Gasteiger partial charge >= 0.3 is 0 Å². The molecule has 0 amide bonds. The van der Waals surface area contributed by atoms with Crippen LogP contribution in [0.5, 0.6) is 0 Å². The SMILES string of the molecule is CCSCCCNCC1CCC(C)CC1. The van der Waals surface area contributed by atoms with Crippen molar-refractivity contribution in [3.05, 3.63) is 0 Å². The molecule has 0 atom stereocenters. The molecule has 15 heavy (non-hydrogen) atoms. The second kappa shape index (κ2) is 8.46. The van der Waals surface area contributed by atoms with E-state index in [9.17, 15) is 0 Å². The number of nitrogens with one attached hydrogen (secondary N) is 1. The van der Waals surface area contributed by atoms with Gasteiger partial charge in [-0.3, -0.25) is 0 Å². The van der Waals surface area contributed by atoms with E-state index in [1.807, 2.05) is 0 Å². The molecule has 1 aliphatic carbocycles. The van der Waals surface area contributed by atoms with Gasteiger partial charge in [0.1, 0.15) is 0 Å². The summed E-state index contributed by atoms with van der Waals surface area (Å²) in [6.45, 7) is 7.12. The minimum Gasteiger partial charge on any atom is -0.316 e. The molecule has 1 fully saturated rings. The van der Waals surface area contributed by atoms with E-state index in [-0.39, 0.29) is 0 Å². The summed E-state index contributed by atoms with van der Waals surface area (Å²) in [6, 6.07) is 0. The first-order valence-corrected chi connectivity index (χ1v) is 7.76. The van der Waals surface area contributed by atoms with Crippen molar-refractivity contribution in [3.63, 3.8) is 0 Å². The quantitative estimate of drug-likeness (QED) is 0.670. The average molecular weight is 229 g/mol. The first kappa shape index (κ1) is 13.4. The number of hydrogen-bond acceptors (Lipinski definition) is 2. The van der Waals surface area contributed by atoms with E-state index in [0.717, 1.165) is 11.8 Å². The largest absolute Gasteiger partial charge is 0.316 e. The lowest BCUT2D eigenvalue weighted by atomic mass is 9.83. The fourth-order valence-electron chi connectivity index (χ4n) is 2.28. The molecule has 90 valence electrons. The average Bonchev–Trinajstić information content (AvgIpc) is 2.26. The van der Waals surface area contributed by atoms with E-state index in [4.69, 9.17) is 0 Å². The highest BCUT2D eigenvalue weighted by Crippen LogP contribution is 2.27. The molecule has 1 saturated carbocycles. The number of hydrogen-bond donors (Lipinski definition) is 1. The maximum atomic E-state index is 3.62. The molecule has 1 rings (SSSR count). The molecule has 0 bridgehead atoms. The monoisotopic (exact) mass is 229 g/mol. The molecule has 0 spiro atoms. The minimum atomic E-state index is 0.972. The zero-order chi connectivity index (χ0) is 10.9. The Morgan fingerprint density at radius 3 is 2.60 bits per heavy atom. The lowest BCUT2D eigenvalue weighted by Gasteiger charge is -2.26. The maximum absolute atomic E-state index is 3.62. The highest BCUT2D eigenvalue weighted by atomic mass is 32.2. The number of rotatable bonds is 7. The standard InChI is InChI=1S/C13H27NS/c1-3-15-10-4-9-14-11-13-7-5-12(2)6-8-13/h12-14H,3-11H2,1-2H3. The van der Waals surface area contributed by atoms with Gasteiger partial charge in [-0.25, -0.2) is 0 Å². The molecule has 2 heteroatoms. The summed E-state index contributed by atoms with van der Waals surface area (Å²) < 4.78 is 0. The van der Waals surface area contributed by atoms with Crippen molar-refractivity contribution in [2.24, 2.45) is 11.8 Å². The van der Waals surface area contributed by atoms with Gasteiger partial charge in [-0.05, 0) is 55.7 Å². The normalized spacial score (nSPS) is 26.8. The van der Waals surface area contributed by atoms with Gasteiger partial charge in [0, 0.05) is 0 Å². The van der Waals surface area contributed by atoms with Crippen LogP contribution in [-0.4, -0.2) is 24.6 Å². The van der Waals surface area contributed by atoms with Crippen LogP contribution in [0.3, 0.4) is 0 Å². The molecule has 0 radical (unpaired) electrons. The van der Waals surface area contributed by atoms with Crippen LogP contribution in [0.25, 0.3) is 0 Å². The van der Waals surface area contributed by atoms with E-state index in [0.29, 0.717) is 0 Å². The van der Waals surface area contributed by atoms with Crippen molar-refractivity contribution < 1.29 is 0 Å². The molecule has 0 aromatic carbocycles. The van der Waals surface area contributed by atoms with Gasteiger partial charge in [-0.1, -0.05) is 26.7 Å². The van der Waals surface area contributed by atoms with Gasteiger partial charge in [0.25, 0.3) is 0 Å². The molecule has 0 heterocycles. The lowest BCUT2D eigenvalue weighted by molar-refractivity contribution is 0.282. The third-order valence-electron chi connectivity index (χ3n) is 3.41. The molecule has 0 aromatic heterocycles. The fourth-order valence-corrected chi connectivity index (χ4v) is 2.92. The summed E-state index contributed by atoms with van der Waals surface area (Å²) >= 11 is 2.05. The van der Waals surface area contributed by atoms with Crippen molar-refractivity contribution in [1.82, 2.24) is 5.32 Å². The van der Waals surface area contributed by atoms with Crippen LogP contribution in [0.2, 0.25) is 0 Å². The highest BCUT2D eigenvalue weighted by molar-refractivity contribution is 7.99. The van der Waals surface area contributed by atoms with Crippen LogP contribution in [0.4, 0.5) is 0 Å². The van der Waals surface area contributed by atoms with E-state index in [1.165, 1.54) is 56.7 Å². The summed E-state index contributed by atoms with van der Waals surface area (Å²) in [6.07, 6.45) is 7.16. The molecule has 0 aliphatic heterocycles. The third-order valence-corrected chi connectivity index (χ3v) is 4.40. The summed E-state index contributed by atoms with van der Waals surface area (Å²) in [7, 11) is 0. The molecule has 1 aliphatic rings. The van der Waals surface area contributed by atoms with Crippen LogP contribution < -0.4 is 5.32 Å². The summed E-state index contributed by atoms with van der Waals surface area (Å²) in [5.74, 6) is 4.55. The van der Waals surface area contributed by atoms with Gasteiger partial charge in [0.2, 0.25) is 0 Å². The smallest absolute Gasteiger partial charge is 0.00205 e. The van der Waals surface area contributed by atoms with Crippen molar-refractivity contribution in [2.75, 3.05) is 24.6 Å². The number of thioether (sulfide) groups is 1. The summed E-state index contributed by atoms with van der Waals surface area (Å²) in [5.41, 5.74) is 0. The molecule has 0 unspecified atom stereocenters. The highest BCUT2D eigenvalue weighted by Gasteiger charge is 2.17. The summed E-state index contributed by atoms with van der Waals surface area (Å²) in [4.78, 5) is 0. The summed E-state index contributed by atoms with van der Waals surface area (Å²) in [5, 5.41) is 3.62. The van der Waals surface area contributed by atoms with Crippen LogP contribution in [0.1, 0.15) is 46.0 Å². The van der Waals surface area contributed by atoms with Crippen molar-refractivity contribution in [1.29, 1.82) is 0 Å². The van der Waals surface area contributed by atoms with E-state index in [2.05, 4.69) is 30.9 Å². The molecule has 0 saturated heterocycles. The Kier molecular flexibility index (Phi) is 7.54. The molecular formula is C13H27NS. The Morgan fingerprint density at radius 1 is 1.20 bits per heavy atom. The van der Waals surface area contributed by atoms with Crippen LogP contribution in [0, 0.1) is 11.8 Å². The Hall–Kier alpha value is 0.310. The predicted octanol–water partition coefficient (Wildman–Crippen LogP) is 3.55. The molecule has 1 nitrogen and oxygen atoms in total. The maximum Gasteiger partial charge on any atom is -0.00205 e. The van der Waals surface area contributed by atoms with Crippen LogP contribution in [-0.2, 0) is 0 Å². The molecular weight excluding hydrogens is 202 g/mol. The van der Waals surface area contributed by atoms with Gasteiger partial charge in [0.05, 0.1) is 0 Å². The lowest BCUT2D eigenvalue weighted by Crippen LogP contribution is -2.27. The third kappa shape index (κ3) is 6.47. The van der Waals surface area contributed by atoms with Gasteiger partial charge in [0.15, 0.2) is 0 Å². The van der Waals surface area contributed by atoms with Gasteiger partial charge in [-0.15, -0.1) is 0 Å². The predicted molar refractivity (Wildman–Crippen MR) is 71.6 cm³/mol. The Morgan fingerprint density at radius 2 is 1.93 bits per heavy atom. The zero-order valence-corrected chi connectivity index (χ0v) is 11.2. The first-order valence-electron chi connectivity index (χ1n) is 6.61. The van der Waals surface area contributed by atoms with E-state index >= 15 is 0 Å². The van der Waals surface area contributed by atoms with E-state index < -0.39 is 0 Å². The minimum absolute atomic E-state index is 0.972. The van der Waals surface area contributed by atoms with Crippen molar-refractivity contribution >= 4 is 11.8 Å². The van der Waals surface area contributed by atoms with Crippen molar-refractivity contribution in [3.8, 4) is 0 Å². The Labute approximate surface area is 99.8 Å². The molecule has 1 N–H and O–H groups in total. The topological polar surface area (TPSA) is 12.0 Å². The Balaban J connectivity index is 1.87. The second-order valence-corrected chi connectivity index (χ2v) is 6.27. The van der Waals surface area contributed by atoms with Crippen LogP contribution in [0.15, 0.2) is 0 Å². The second-order valence-electron chi connectivity index (χ2n) is 4.88. The molecule has 0 aromatic rings. The first-order chi connectivity index (χ1) is 7.33. The fraction of sp³-hybridized carbons (Fsp3) is 1.00. The van der Waals surface area contributed by atoms with Gasteiger partial charge < -0.3 is 5.32 Å². The zero-order valence-electron chi connectivity index (χ0n) is 10.4. The van der Waals surface area contributed by atoms with Crippen LogP contribution >= 0.6 is 11.8 Å². The Bertz CT molecular complexity index is 141. The van der Waals surface area contributed by atoms with Gasteiger partial charge in [-0.2, -0.15) is 11.8 Å². The van der Waals surface area contributed by atoms with E-state index in [1.54, 1.807) is 0 Å².